The Morgan fingerprint density at radius 1 is 0.406 bits per heavy atom. The quantitative estimate of drug-likeness (QED) is 0.246. The van der Waals surface area contributed by atoms with E-state index in [1.807, 2.05) is 12.1 Å². The highest BCUT2D eigenvalue weighted by atomic mass is 79.9. The summed E-state index contributed by atoms with van der Waals surface area (Å²) in [4.78, 5) is 38.4. The highest BCUT2D eigenvalue weighted by Gasteiger charge is 2.15. The average molecular weight is 548 g/mol. The van der Waals surface area contributed by atoms with Crippen molar-refractivity contribution >= 4 is 49.2 Å². The predicted octanol–water partition coefficient (Wildman–Crippen LogP) is 6.90. The molecule has 0 fully saturated rings. The molecule has 0 aromatic heterocycles. The summed E-state index contributed by atoms with van der Waals surface area (Å²) >= 11 is 6.71. The summed E-state index contributed by atoms with van der Waals surface area (Å²) in [6.45, 7) is 0. The standard InChI is InChI=1S/C27H16Br2O3/c28-23-12-8-19(9-13-23)25(30)17-4-6-18(7-5-17)26(31)21-2-1-3-22(16-21)27(32)20-10-14-24(29)15-11-20/h1-16H. The molecule has 5 heteroatoms. The number of hydrogen-bond acceptors (Lipinski definition) is 3. The summed E-state index contributed by atoms with van der Waals surface area (Å²) in [5.74, 6) is -0.473. The summed E-state index contributed by atoms with van der Waals surface area (Å²) in [7, 11) is 0. The highest BCUT2D eigenvalue weighted by Crippen LogP contribution is 2.19. The summed E-state index contributed by atoms with van der Waals surface area (Å²) in [6.07, 6.45) is 0. The zero-order chi connectivity index (χ0) is 22.7. The third-order valence-corrected chi connectivity index (χ3v) is 6.07. The Labute approximate surface area is 202 Å². The average Bonchev–Trinajstić information content (AvgIpc) is 2.84. The molecule has 0 unspecified atom stereocenters. The number of benzene rings is 4. The van der Waals surface area contributed by atoms with E-state index in [0.29, 0.717) is 33.4 Å². The van der Waals surface area contributed by atoms with Crippen LogP contribution in [0.2, 0.25) is 0 Å². The largest absolute Gasteiger partial charge is 0.289 e. The minimum absolute atomic E-state index is 0.112. The maximum Gasteiger partial charge on any atom is 0.193 e. The van der Waals surface area contributed by atoms with Crippen LogP contribution in [0.1, 0.15) is 47.8 Å². The maximum absolute atomic E-state index is 13.0. The topological polar surface area (TPSA) is 51.2 Å². The van der Waals surface area contributed by atoms with Crippen molar-refractivity contribution in [3.8, 4) is 0 Å². The third kappa shape index (κ3) is 4.85. The van der Waals surface area contributed by atoms with E-state index in [1.54, 1.807) is 84.9 Å². The summed E-state index contributed by atoms with van der Waals surface area (Å²) < 4.78 is 1.79. The van der Waals surface area contributed by atoms with Gasteiger partial charge in [0.25, 0.3) is 0 Å². The lowest BCUT2D eigenvalue weighted by atomic mass is 9.96. The van der Waals surface area contributed by atoms with Crippen molar-refractivity contribution in [1.82, 2.24) is 0 Å². The van der Waals surface area contributed by atoms with Crippen LogP contribution >= 0.6 is 31.9 Å². The predicted molar refractivity (Wildman–Crippen MR) is 131 cm³/mol. The third-order valence-electron chi connectivity index (χ3n) is 5.01. The molecule has 0 amide bonds. The second-order valence-electron chi connectivity index (χ2n) is 7.16. The van der Waals surface area contributed by atoms with Gasteiger partial charge in [-0.3, -0.25) is 14.4 Å². The molecule has 0 N–H and O–H groups in total. The minimum atomic E-state index is -0.210. The first-order chi connectivity index (χ1) is 15.4. The van der Waals surface area contributed by atoms with Gasteiger partial charge in [-0.05, 0) is 54.6 Å². The van der Waals surface area contributed by atoms with E-state index < -0.39 is 0 Å². The van der Waals surface area contributed by atoms with Crippen molar-refractivity contribution in [1.29, 1.82) is 0 Å². The van der Waals surface area contributed by atoms with Crippen LogP contribution in [0.3, 0.4) is 0 Å². The normalized spacial score (nSPS) is 10.6. The Balaban J connectivity index is 1.55. The molecule has 32 heavy (non-hydrogen) atoms. The van der Waals surface area contributed by atoms with Crippen molar-refractivity contribution < 1.29 is 14.4 Å². The summed E-state index contributed by atoms with van der Waals surface area (Å²) in [6, 6.07) is 27.5. The zero-order valence-electron chi connectivity index (χ0n) is 16.7. The van der Waals surface area contributed by atoms with Gasteiger partial charge in [0, 0.05) is 42.3 Å². The number of rotatable bonds is 6. The first-order valence-corrected chi connectivity index (χ1v) is 11.4. The molecule has 0 aliphatic rings. The van der Waals surface area contributed by atoms with Crippen LogP contribution in [0.15, 0.2) is 106 Å². The van der Waals surface area contributed by atoms with E-state index in [4.69, 9.17) is 0 Å². The van der Waals surface area contributed by atoms with E-state index in [-0.39, 0.29) is 17.3 Å². The summed E-state index contributed by atoms with van der Waals surface area (Å²) in [5.41, 5.74) is 2.94. The summed E-state index contributed by atoms with van der Waals surface area (Å²) in [5, 5.41) is 0. The Hall–Kier alpha value is -3.15. The molecule has 0 spiro atoms. The smallest absolute Gasteiger partial charge is 0.193 e. The van der Waals surface area contributed by atoms with Gasteiger partial charge in [0.15, 0.2) is 17.3 Å². The second-order valence-corrected chi connectivity index (χ2v) is 8.99. The number of hydrogen-bond donors (Lipinski definition) is 0. The van der Waals surface area contributed by atoms with Crippen LogP contribution in [0.4, 0.5) is 0 Å². The number of ketones is 3. The van der Waals surface area contributed by atoms with Crippen molar-refractivity contribution in [3.05, 3.63) is 139 Å². The van der Waals surface area contributed by atoms with Crippen LogP contribution < -0.4 is 0 Å². The van der Waals surface area contributed by atoms with Gasteiger partial charge < -0.3 is 0 Å². The molecule has 3 nitrogen and oxygen atoms in total. The number of carbonyl (C=O) groups is 3. The van der Waals surface area contributed by atoms with Gasteiger partial charge in [-0.25, -0.2) is 0 Å². The lowest BCUT2D eigenvalue weighted by Gasteiger charge is -2.06. The van der Waals surface area contributed by atoms with Crippen LogP contribution in [0.25, 0.3) is 0 Å². The fraction of sp³-hybridized carbons (Fsp3) is 0. The lowest BCUT2D eigenvalue weighted by Crippen LogP contribution is -2.07. The lowest BCUT2D eigenvalue weighted by molar-refractivity contribution is 0.102. The number of carbonyl (C=O) groups excluding carboxylic acids is 3. The van der Waals surface area contributed by atoms with Gasteiger partial charge in [0.1, 0.15) is 0 Å². The van der Waals surface area contributed by atoms with Gasteiger partial charge in [0.2, 0.25) is 0 Å². The molecule has 0 saturated heterocycles. The van der Waals surface area contributed by atoms with E-state index in [1.165, 1.54) is 0 Å². The van der Waals surface area contributed by atoms with Gasteiger partial charge in [-0.15, -0.1) is 0 Å². The van der Waals surface area contributed by atoms with E-state index in [2.05, 4.69) is 31.9 Å². The fourth-order valence-corrected chi connectivity index (χ4v) is 3.81. The molecule has 0 atom stereocenters. The van der Waals surface area contributed by atoms with Crippen molar-refractivity contribution in [2.24, 2.45) is 0 Å². The molecule has 4 aromatic carbocycles. The number of halogens is 2. The van der Waals surface area contributed by atoms with E-state index in [9.17, 15) is 14.4 Å². The van der Waals surface area contributed by atoms with E-state index >= 15 is 0 Å². The first kappa shape index (κ1) is 22.1. The molecule has 0 heterocycles. The van der Waals surface area contributed by atoms with Gasteiger partial charge >= 0.3 is 0 Å². The fourth-order valence-electron chi connectivity index (χ4n) is 3.28. The highest BCUT2D eigenvalue weighted by molar-refractivity contribution is 9.10. The molecule has 0 aliphatic heterocycles. The van der Waals surface area contributed by atoms with E-state index in [0.717, 1.165) is 8.95 Å². The zero-order valence-corrected chi connectivity index (χ0v) is 19.9. The molecule has 0 saturated carbocycles. The van der Waals surface area contributed by atoms with Crippen LogP contribution in [0, 0.1) is 0 Å². The first-order valence-electron chi connectivity index (χ1n) is 9.78. The molecule has 4 rings (SSSR count). The molecule has 0 radical (unpaired) electrons. The SMILES string of the molecule is O=C(c1ccc(Br)cc1)c1ccc(C(=O)c2cccc(C(=O)c3ccc(Br)cc3)c2)cc1. The molecular formula is C27H16Br2O3. The molecule has 0 aliphatic carbocycles. The van der Waals surface area contributed by atoms with Gasteiger partial charge in [0.05, 0.1) is 0 Å². The molecular weight excluding hydrogens is 532 g/mol. The Kier molecular flexibility index (Phi) is 6.58. The molecule has 156 valence electrons. The monoisotopic (exact) mass is 546 g/mol. The van der Waals surface area contributed by atoms with Gasteiger partial charge in [-0.2, -0.15) is 0 Å². The second kappa shape index (κ2) is 9.55. The van der Waals surface area contributed by atoms with Crippen molar-refractivity contribution in [2.45, 2.75) is 0 Å². The molecule has 0 bridgehead atoms. The van der Waals surface area contributed by atoms with Crippen LogP contribution in [-0.4, -0.2) is 17.3 Å². The Morgan fingerprint density at radius 2 is 0.688 bits per heavy atom. The van der Waals surface area contributed by atoms with Crippen LogP contribution in [0.5, 0.6) is 0 Å². The van der Waals surface area contributed by atoms with Gasteiger partial charge in [-0.1, -0.05) is 74.3 Å². The Bertz CT molecular complexity index is 1310. The van der Waals surface area contributed by atoms with Crippen LogP contribution in [-0.2, 0) is 0 Å². The molecule has 4 aromatic rings. The minimum Gasteiger partial charge on any atom is -0.289 e. The maximum atomic E-state index is 13.0. The van der Waals surface area contributed by atoms with Crippen molar-refractivity contribution in [2.75, 3.05) is 0 Å². The van der Waals surface area contributed by atoms with Crippen molar-refractivity contribution in [3.63, 3.8) is 0 Å². The Morgan fingerprint density at radius 3 is 1.03 bits per heavy atom.